The highest BCUT2D eigenvalue weighted by molar-refractivity contribution is 8.26. The van der Waals surface area contributed by atoms with Crippen LogP contribution >= 0.6 is 24.0 Å². The Kier molecular flexibility index (Phi) is 4.57. The summed E-state index contributed by atoms with van der Waals surface area (Å²) in [5.41, 5.74) is 0.209. The Balaban J connectivity index is 2.25. The van der Waals surface area contributed by atoms with Crippen LogP contribution in [-0.4, -0.2) is 32.7 Å². The van der Waals surface area contributed by atoms with E-state index in [4.69, 9.17) is 27.0 Å². The summed E-state index contributed by atoms with van der Waals surface area (Å²) in [6.07, 6.45) is 4.31. The summed E-state index contributed by atoms with van der Waals surface area (Å²) in [7, 11) is 0. The molecule has 1 aliphatic heterocycles. The van der Waals surface area contributed by atoms with Gasteiger partial charge in [0.1, 0.15) is 16.6 Å². The van der Waals surface area contributed by atoms with E-state index in [-0.39, 0.29) is 14.8 Å². The molecule has 1 N–H and O–H groups in total. The molecule has 0 radical (unpaired) electrons. The number of hydrogen-bond acceptors (Lipinski definition) is 6. The Morgan fingerprint density at radius 1 is 1.62 bits per heavy atom. The number of nitriles is 1. The van der Waals surface area contributed by atoms with E-state index >= 15 is 0 Å². The quantitative estimate of drug-likeness (QED) is 0.515. The molecule has 1 fully saturated rings. The van der Waals surface area contributed by atoms with Crippen LogP contribution in [0.4, 0.5) is 0 Å². The first kappa shape index (κ1) is 15.0. The summed E-state index contributed by atoms with van der Waals surface area (Å²) in [4.78, 5) is 23.9. The van der Waals surface area contributed by atoms with Crippen molar-refractivity contribution in [3.63, 3.8) is 0 Å². The lowest BCUT2D eigenvalue weighted by molar-refractivity contribution is -0.140. The molecule has 0 aliphatic carbocycles. The number of carbonyl (C=O) groups excluding carboxylic acids is 1. The number of amides is 1. The number of thioether (sulfide) groups is 1. The highest BCUT2D eigenvalue weighted by atomic mass is 32.2. The maximum Gasteiger partial charge on any atom is 0.323 e. The molecule has 0 unspecified atom stereocenters. The summed E-state index contributed by atoms with van der Waals surface area (Å²) in [5.74, 6) is -1.20. The van der Waals surface area contributed by atoms with Crippen molar-refractivity contribution in [2.24, 2.45) is 0 Å². The molecule has 106 valence electrons. The number of furan rings is 1. The summed E-state index contributed by atoms with van der Waals surface area (Å²) in [6.45, 7) is -0.494. The highest BCUT2D eigenvalue weighted by Gasteiger charge is 2.33. The van der Waals surface area contributed by atoms with Crippen molar-refractivity contribution in [3.8, 4) is 6.07 Å². The predicted octanol–water partition coefficient (Wildman–Crippen LogP) is 2.02. The van der Waals surface area contributed by atoms with E-state index in [0.29, 0.717) is 5.76 Å². The fourth-order valence-corrected chi connectivity index (χ4v) is 2.79. The second kappa shape index (κ2) is 6.39. The number of carbonyl (C=O) groups is 2. The predicted molar refractivity (Wildman–Crippen MR) is 79.9 cm³/mol. The molecule has 1 aliphatic rings. The van der Waals surface area contributed by atoms with Gasteiger partial charge in [-0.2, -0.15) is 5.26 Å². The molecule has 1 saturated heterocycles. The monoisotopic (exact) mass is 320 g/mol. The maximum atomic E-state index is 12.0. The van der Waals surface area contributed by atoms with E-state index in [1.807, 2.05) is 6.07 Å². The molecule has 0 atom stereocenters. The SMILES string of the molecule is N#CC(=C\c1ccco1)/C=C1\SC(=S)N(CC(=O)O)C1=O. The van der Waals surface area contributed by atoms with Crippen LogP contribution in [-0.2, 0) is 9.59 Å². The van der Waals surface area contributed by atoms with Gasteiger partial charge in [0.25, 0.3) is 5.91 Å². The largest absolute Gasteiger partial charge is 0.480 e. The van der Waals surface area contributed by atoms with Gasteiger partial charge in [-0.1, -0.05) is 24.0 Å². The van der Waals surface area contributed by atoms with Crippen molar-refractivity contribution in [1.82, 2.24) is 4.90 Å². The van der Waals surface area contributed by atoms with Crippen molar-refractivity contribution in [2.45, 2.75) is 0 Å². The topological polar surface area (TPSA) is 94.5 Å². The molecule has 0 aromatic carbocycles. The van der Waals surface area contributed by atoms with Crippen LogP contribution in [0, 0.1) is 11.3 Å². The third kappa shape index (κ3) is 3.59. The molecule has 1 amide bonds. The van der Waals surface area contributed by atoms with E-state index in [1.165, 1.54) is 18.4 Å². The van der Waals surface area contributed by atoms with Crippen molar-refractivity contribution in [3.05, 3.63) is 40.7 Å². The van der Waals surface area contributed by atoms with Crippen LogP contribution in [0.3, 0.4) is 0 Å². The first-order valence-electron chi connectivity index (χ1n) is 5.63. The van der Waals surface area contributed by atoms with Gasteiger partial charge in [0.15, 0.2) is 0 Å². The highest BCUT2D eigenvalue weighted by Crippen LogP contribution is 2.31. The standard InChI is InChI=1S/C13H8N2O4S2/c14-6-8(4-9-2-1-3-19-9)5-10-12(18)15(7-11(16)17)13(20)21-10/h1-5H,7H2,(H,16,17)/b8-4-,10-5-. The molecule has 0 saturated carbocycles. The van der Waals surface area contributed by atoms with E-state index in [2.05, 4.69) is 0 Å². The Bertz CT molecular complexity index is 698. The third-order valence-electron chi connectivity index (χ3n) is 2.42. The lowest BCUT2D eigenvalue weighted by atomic mass is 10.2. The Morgan fingerprint density at radius 3 is 2.95 bits per heavy atom. The van der Waals surface area contributed by atoms with Crippen molar-refractivity contribution < 1.29 is 19.1 Å². The number of rotatable bonds is 4. The van der Waals surface area contributed by atoms with Crippen LogP contribution in [0.5, 0.6) is 0 Å². The van der Waals surface area contributed by atoms with E-state index in [9.17, 15) is 9.59 Å². The minimum Gasteiger partial charge on any atom is -0.480 e. The van der Waals surface area contributed by atoms with Crippen LogP contribution in [0.1, 0.15) is 5.76 Å². The fourth-order valence-electron chi connectivity index (χ4n) is 1.55. The fraction of sp³-hybridized carbons (Fsp3) is 0.0769. The Labute approximate surface area is 129 Å². The van der Waals surface area contributed by atoms with E-state index in [0.717, 1.165) is 16.7 Å². The number of thiocarbonyl (C=S) groups is 1. The summed E-state index contributed by atoms with van der Waals surface area (Å²) >= 11 is 5.92. The summed E-state index contributed by atoms with van der Waals surface area (Å²) in [6, 6.07) is 5.28. The number of carboxylic acids is 1. The van der Waals surface area contributed by atoms with Gasteiger partial charge < -0.3 is 9.52 Å². The van der Waals surface area contributed by atoms with Crippen LogP contribution in [0.15, 0.2) is 39.4 Å². The number of allylic oxidation sites excluding steroid dienone is 2. The molecule has 1 aromatic rings. The first-order valence-corrected chi connectivity index (χ1v) is 6.86. The first-order chi connectivity index (χ1) is 10.0. The Hall–Kier alpha value is -2.37. The molecule has 21 heavy (non-hydrogen) atoms. The Morgan fingerprint density at radius 2 is 2.38 bits per heavy atom. The number of aliphatic carboxylic acids is 1. The normalized spacial score (nSPS) is 17.4. The summed E-state index contributed by atoms with van der Waals surface area (Å²) < 4.78 is 5.25. The van der Waals surface area contributed by atoms with Gasteiger partial charge >= 0.3 is 5.97 Å². The zero-order valence-corrected chi connectivity index (χ0v) is 12.1. The van der Waals surface area contributed by atoms with Gasteiger partial charge in [-0.25, -0.2) is 0 Å². The van der Waals surface area contributed by atoms with Gasteiger partial charge in [0.05, 0.1) is 22.8 Å². The van der Waals surface area contributed by atoms with Crippen molar-refractivity contribution >= 4 is 46.3 Å². The molecular weight excluding hydrogens is 312 g/mol. The molecule has 2 heterocycles. The number of hydrogen-bond donors (Lipinski definition) is 1. The van der Waals surface area contributed by atoms with E-state index in [1.54, 1.807) is 12.1 Å². The van der Waals surface area contributed by atoms with Crippen molar-refractivity contribution in [2.75, 3.05) is 6.54 Å². The van der Waals surface area contributed by atoms with Crippen LogP contribution in [0.2, 0.25) is 0 Å². The van der Waals surface area contributed by atoms with Crippen LogP contribution < -0.4 is 0 Å². The van der Waals surface area contributed by atoms with Crippen LogP contribution in [0.25, 0.3) is 6.08 Å². The van der Waals surface area contributed by atoms with Gasteiger partial charge in [0, 0.05) is 0 Å². The van der Waals surface area contributed by atoms with Gasteiger partial charge in [-0.15, -0.1) is 0 Å². The molecular formula is C13H8N2O4S2. The average molecular weight is 320 g/mol. The lowest BCUT2D eigenvalue weighted by Crippen LogP contribution is -2.33. The smallest absolute Gasteiger partial charge is 0.323 e. The third-order valence-corrected chi connectivity index (χ3v) is 3.80. The summed E-state index contributed by atoms with van der Waals surface area (Å²) in [5, 5.41) is 17.8. The zero-order valence-electron chi connectivity index (χ0n) is 10.5. The van der Waals surface area contributed by atoms with Gasteiger partial charge in [-0.05, 0) is 24.3 Å². The molecule has 6 nitrogen and oxygen atoms in total. The number of nitrogens with zero attached hydrogens (tertiary/aromatic N) is 2. The molecule has 0 bridgehead atoms. The number of carboxylic acid groups (broad SMARTS) is 1. The second-order valence-corrected chi connectivity index (χ2v) is 5.56. The maximum absolute atomic E-state index is 12.0. The van der Waals surface area contributed by atoms with Gasteiger partial charge in [-0.3, -0.25) is 14.5 Å². The minimum atomic E-state index is -1.15. The zero-order chi connectivity index (χ0) is 15.4. The molecule has 2 rings (SSSR count). The molecule has 0 spiro atoms. The molecule has 8 heteroatoms. The molecule has 1 aromatic heterocycles. The van der Waals surface area contributed by atoms with E-state index < -0.39 is 18.4 Å². The van der Waals surface area contributed by atoms with Gasteiger partial charge in [0.2, 0.25) is 0 Å². The lowest BCUT2D eigenvalue weighted by Gasteiger charge is -2.10. The second-order valence-electron chi connectivity index (χ2n) is 3.89. The average Bonchev–Trinajstić information content (AvgIpc) is 3.02. The van der Waals surface area contributed by atoms with Crippen molar-refractivity contribution in [1.29, 1.82) is 5.26 Å². The minimum absolute atomic E-state index is 0.156.